The zero-order chi connectivity index (χ0) is 15.8. The number of methoxy groups -OCH3 is 1. The molecule has 1 N–H and O–H groups in total. The maximum atomic E-state index is 12.2. The van der Waals surface area contributed by atoms with Gasteiger partial charge < -0.3 is 9.64 Å². The topological polar surface area (TPSA) is 92.8 Å². The number of amides is 1. The summed E-state index contributed by atoms with van der Waals surface area (Å²) in [5.74, 6) is -0.759. The zero-order valence-corrected chi connectivity index (χ0v) is 12.7. The van der Waals surface area contributed by atoms with E-state index in [9.17, 15) is 18.0 Å². The number of nitrogens with one attached hydrogen (secondary N) is 1. The smallest absolute Gasteiger partial charge is 0.323 e. The number of likely N-dealkylation sites (N-methyl/N-ethyl adjacent to an activating group) is 1. The van der Waals surface area contributed by atoms with E-state index >= 15 is 0 Å². The van der Waals surface area contributed by atoms with E-state index in [-0.39, 0.29) is 17.2 Å². The van der Waals surface area contributed by atoms with E-state index in [0.717, 1.165) is 0 Å². The van der Waals surface area contributed by atoms with Gasteiger partial charge in [0.15, 0.2) is 0 Å². The Kier molecular flexibility index (Phi) is 4.02. The van der Waals surface area contributed by atoms with Gasteiger partial charge in [-0.1, -0.05) is 0 Å². The summed E-state index contributed by atoms with van der Waals surface area (Å²) in [5.41, 5.74) is 1.34. The minimum Gasteiger partial charge on any atom is -0.468 e. The van der Waals surface area contributed by atoms with Gasteiger partial charge >= 0.3 is 5.97 Å². The van der Waals surface area contributed by atoms with Crippen LogP contribution in [0.5, 0.6) is 0 Å². The maximum absolute atomic E-state index is 12.2. The van der Waals surface area contributed by atoms with Crippen molar-refractivity contribution in [3.8, 4) is 0 Å². The molecule has 0 fully saturated rings. The molecule has 21 heavy (non-hydrogen) atoms. The van der Waals surface area contributed by atoms with Crippen molar-refractivity contribution in [1.82, 2.24) is 4.72 Å². The fourth-order valence-electron chi connectivity index (χ4n) is 2.14. The Labute approximate surface area is 122 Å². The first-order chi connectivity index (χ1) is 9.76. The number of anilines is 1. The molecule has 0 aliphatic carbocycles. The number of sulfonamides is 1. The Bertz CT molecular complexity index is 699. The molecule has 2 rings (SSSR count). The number of hydrogen-bond acceptors (Lipinski definition) is 5. The molecule has 1 heterocycles. The molecule has 1 amide bonds. The van der Waals surface area contributed by atoms with Crippen LogP contribution in [0.1, 0.15) is 12.5 Å². The van der Waals surface area contributed by atoms with Gasteiger partial charge in [0.2, 0.25) is 15.9 Å². The van der Waals surface area contributed by atoms with Crippen LogP contribution in [0.3, 0.4) is 0 Å². The van der Waals surface area contributed by atoms with Crippen LogP contribution in [0, 0.1) is 0 Å². The van der Waals surface area contributed by atoms with Crippen LogP contribution in [0.4, 0.5) is 5.69 Å². The van der Waals surface area contributed by atoms with E-state index in [4.69, 9.17) is 0 Å². The van der Waals surface area contributed by atoms with E-state index in [0.29, 0.717) is 11.3 Å². The van der Waals surface area contributed by atoms with Gasteiger partial charge in [-0.05, 0) is 30.7 Å². The number of hydrogen-bond donors (Lipinski definition) is 1. The number of esters is 1. The second-order valence-electron chi connectivity index (χ2n) is 4.79. The van der Waals surface area contributed by atoms with Gasteiger partial charge in [-0.3, -0.25) is 9.59 Å². The second kappa shape index (κ2) is 5.45. The van der Waals surface area contributed by atoms with Crippen LogP contribution in [0.25, 0.3) is 0 Å². The lowest BCUT2D eigenvalue weighted by Crippen LogP contribution is -2.39. The molecule has 0 aromatic heterocycles. The van der Waals surface area contributed by atoms with E-state index < -0.39 is 22.0 Å². The Morgan fingerprint density at radius 1 is 1.43 bits per heavy atom. The highest BCUT2D eigenvalue weighted by molar-refractivity contribution is 7.89. The van der Waals surface area contributed by atoms with E-state index in [2.05, 4.69) is 9.46 Å². The molecule has 1 aliphatic heterocycles. The van der Waals surface area contributed by atoms with Crippen molar-refractivity contribution in [1.29, 1.82) is 0 Å². The van der Waals surface area contributed by atoms with Gasteiger partial charge in [0, 0.05) is 12.7 Å². The number of benzene rings is 1. The first-order valence-corrected chi connectivity index (χ1v) is 7.74. The molecule has 7 nitrogen and oxygen atoms in total. The molecule has 0 saturated heterocycles. The molecule has 0 radical (unpaired) electrons. The standard InChI is InChI=1S/C13H16N2O5S/c1-8(13(17)20-3)14-21(18,19)10-4-5-11-9(6-10)7-12(16)15(11)2/h4-6,8,14H,7H2,1-3H3. The highest BCUT2D eigenvalue weighted by Gasteiger charge is 2.27. The maximum Gasteiger partial charge on any atom is 0.323 e. The fourth-order valence-corrected chi connectivity index (χ4v) is 3.38. The normalized spacial score (nSPS) is 15.8. The highest BCUT2D eigenvalue weighted by atomic mass is 32.2. The summed E-state index contributed by atoms with van der Waals surface area (Å²) in [6.45, 7) is 1.40. The van der Waals surface area contributed by atoms with Crippen LogP contribution in [0.15, 0.2) is 23.1 Å². The molecular formula is C13H16N2O5S. The third-order valence-corrected chi connectivity index (χ3v) is 4.86. The Hall–Kier alpha value is -1.93. The first-order valence-electron chi connectivity index (χ1n) is 6.26. The monoisotopic (exact) mass is 312 g/mol. The van der Waals surface area contributed by atoms with Crippen LogP contribution in [0.2, 0.25) is 0 Å². The molecule has 1 unspecified atom stereocenters. The molecule has 0 bridgehead atoms. The third kappa shape index (κ3) is 2.91. The first kappa shape index (κ1) is 15.5. The van der Waals surface area contributed by atoms with E-state index in [1.165, 1.54) is 31.1 Å². The zero-order valence-electron chi connectivity index (χ0n) is 11.9. The molecule has 1 aromatic rings. The summed E-state index contributed by atoms with van der Waals surface area (Å²) in [6.07, 6.45) is 0.168. The number of fused-ring (bicyclic) bond motifs is 1. The lowest BCUT2D eigenvalue weighted by Gasteiger charge is -2.13. The molecule has 1 aromatic carbocycles. The number of ether oxygens (including phenoxy) is 1. The summed E-state index contributed by atoms with van der Waals surface area (Å²) >= 11 is 0. The van der Waals surface area contributed by atoms with E-state index in [1.54, 1.807) is 13.1 Å². The van der Waals surface area contributed by atoms with E-state index in [1.807, 2.05) is 0 Å². The third-order valence-electron chi connectivity index (χ3n) is 3.33. The van der Waals surface area contributed by atoms with Crippen LogP contribution < -0.4 is 9.62 Å². The van der Waals surface area contributed by atoms with Crippen molar-refractivity contribution >= 4 is 27.6 Å². The minimum atomic E-state index is -3.85. The second-order valence-corrected chi connectivity index (χ2v) is 6.50. The quantitative estimate of drug-likeness (QED) is 0.793. The van der Waals surface area contributed by atoms with Crippen molar-refractivity contribution in [2.45, 2.75) is 24.3 Å². The summed E-state index contributed by atoms with van der Waals surface area (Å²) in [7, 11) is -1.03. The molecule has 0 spiro atoms. The van der Waals surface area contributed by atoms with Crippen LogP contribution in [-0.4, -0.2) is 40.5 Å². The van der Waals surface area contributed by atoms with Gasteiger partial charge in [-0.15, -0.1) is 0 Å². The average molecular weight is 312 g/mol. The van der Waals surface area contributed by atoms with Crippen molar-refractivity contribution in [3.63, 3.8) is 0 Å². The Morgan fingerprint density at radius 2 is 2.10 bits per heavy atom. The Morgan fingerprint density at radius 3 is 2.71 bits per heavy atom. The summed E-state index contributed by atoms with van der Waals surface area (Å²) in [6, 6.07) is 3.44. The number of carbonyl (C=O) groups is 2. The summed E-state index contributed by atoms with van der Waals surface area (Å²) in [5, 5.41) is 0. The number of nitrogens with zero attached hydrogens (tertiary/aromatic N) is 1. The SMILES string of the molecule is COC(=O)C(C)NS(=O)(=O)c1ccc2c(c1)CC(=O)N2C. The average Bonchev–Trinajstić information content (AvgIpc) is 2.72. The summed E-state index contributed by atoms with van der Waals surface area (Å²) < 4.78 is 31.1. The minimum absolute atomic E-state index is 0.0140. The largest absolute Gasteiger partial charge is 0.468 e. The molecule has 114 valence electrons. The lowest BCUT2D eigenvalue weighted by atomic mass is 10.2. The van der Waals surface area contributed by atoms with Crippen molar-refractivity contribution in [2.24, 2.45) is 0 Å². The molecular weight excluding hydrogens is 296 g/mol. The molecule has 8 heteroatoms. The van der Waals surface area contributed by atoms with Gasteiger partial charge in [-0.2, -0.15) is 4.72 Å². The van der Waals surface area contributed by atoms with Gasteiger partial charge in [-0.25, -0.2) is 8.42 Å². The molecule has 0 saturated carbocycles. The Balaban J connectivity index is 2.29. The van der Waals surface area contributed by atoms with Gasteiger partial charge in [0.1, 0.15) is 6.04 Å². The van der Waals surface area contributed by atoms with Crippen molar-refractivity contribution in [2.75, 3.05) is 19.1 Å². The lowest BCUT2D eigenvalue weighted by molar-refractivity contribution is -0.142. The predicted molar refractivity (Wildman–Crippen MR) is 75.4 cm³/mol. The van der Waals surface area contributed by atoms with Crippen LogP contribution >= 0.6 is 0 Å². The van der Waals surface area contributed by atoms with Crippen molar-refractivity contribution < 1.29 is 22.7 Å². The van der Waals surface area contributed by atoms with Crippen LogP contribution in [-0.2, 0) is 30.8 Å². The fraction of sp³-hybridized carbons (Fsp3) is 0.385. The number of carbonyl (C=O) groups excluding carboxylic acids is 2. The molecule has 1 aliphatic rings. The van der Waals surface area contributed by atoms with Gasteiger partial charge in [0.25, 0.3) is 0 Å². The molecule has 1 atom stereocenters. The highest BCUT2D eigenvalue weighted by Crippen LogP contribution is 2.29. The van der Waals surface area contributed by atoms with Crippen molar-refractivity contribution in [3.05, 3.63) is 23.8 Å². The predicted octanol–water partition coefficient (Wildman–Crippen LogP) is 0.0453. The number of rotatable bonds is 4. The van der Waals surface area contributed by atoms with Gasteiger partial charge in [0.05, 0.1) is 18.4 Å². The summed E-state index contributed by atoms with van der Waals surface area (Å²) in [4.78, 5) is 24.4.